The van der Waals surface area contributed by atoms with Crippen molar-refractivity contribution in [1.29, 1.82) is 0 Å². The van der Waals surface area contributed by atoms with Crippen LogP contribution in [0.25, 0.3) is 0 Å². The number of carbonyl (C=O) groups excluding carboxylic acids is 1. The quantitative estimate of drug-likeness (QED) is 0.460. The van der Waals surface area contributed by atoms with Gasteiger partial charge in [-0.1, -0.05) is 29.3 Å². The molecule has 3 rings (SSSR count). The number of nitrogens with zero attached hydrogens (tertiary/aromatic N) is 1. The molecule has 25 heavy (non-hydrogen) atoms. The van der Waals surface area contributed by atoms with Gasteiger partial charge in [-0.2, -0.15) is 0 Å². The molecule has 1 saturated carbocycles. The summed E-state index contributed by atoms with van der Waals surface area (Å²) in [5, 5.41) is 0.772. The van der Waals surface area contributed by atoms with Gasteiger partial charge in [0.05, 0.1) is 22.1 Å². The second-order valence-electron chi connectivity index (χ2n) is 6.07. The zero-order chi connectivity index (χ0) is 17.8. The molecule has 1 atom stereocenters. The molecule has 1 aliphatic rings. The topological polar surface area (TPSA) is 39.2 Å². The van der Waals surface area contributed by atoms with Crippen molar-refractivity contribution in [2.45, 2.75) is 42.6 Å². The largest absolute Gasteiger partial charge is 0.489 e. The van der Waals surface area contributed by atoms with Crippen LogP contribution in [-0.2, 0) is 4.79 Å². The lowest BCUT2D eigenvalue weighted by atomic mass is 9.93. The van der Waals surface area contributed by atoms with E-state index < -0.39 is 5.92 Å². The third-order valence-electron chi connectivity index (χ3n) is 4.48. The molecule has 0 saturated heterocycles. The smallest absolute Gasteiger partial charge is 0.133 e. The van der Waals surface area contributed by atoms with Gasteiger partial charge in [-0.15, -0.1) is 11.8 Å². The minimum absolute atomic E-state index is 0.254. The Bertz CT molecular complexity index is 743. The summed E-state index contributed by atoms with van der Waals surface area (Å²) in [5.74, 6) is 0.273. The highest BCUT2D eigenvalue weighted by Gasteiger charge is 2.23. The molecule has 1 fully saturated rings. The first-order valence-corrected chi connectivity index (χ1v) is 10.2. The Labute approximate surface area is 162 Å². The average Bonchev–Trinajstić information content (AvgIpc) is 3.11. The van der Waals surface area contributed by atoms with E-state index in [0.717, 1.165) is 35.3 Å². The van der Waals surface area contributed by atoms with E-state index >= 15 is 0 Å². The maximum absolute atomic E-state index is 11.8. The molecule has 1 unspecified atom stereocenters. The van der Waals surface area contributed by atoms with Crippen LogP contribution in [-0.4, -0.2) is 23.6 Å². The van der Waals surface area contributed by atoms with Crippen LogP contribution in [0.4, 0.5) is 0 Å². The first-order chi connectivity index (χ1) is 12.1. The Morgan fingerprint density at radius 2 is 1.92 bits per heavy atom. The number of benzene rings is 1. The van der Waals surface area contributed by atoms with Crippen molar-refractivity contribution < 1.29 is 9.53 Å². The highest BCUT2D eigenvalue weighted by Crippen LogP contribution is 2.38. The first-order valence-electron chi connectivity index (χ1n) is 8.22. The highest BCUT2D eigenvalue weighted by molar-refractivity contribution is 7.98. The number of carbonyl (C=O) groups is 1. The lowest BCUT2D eigenvalue weighted by Crippen LogP contribution is -2.12. The number of hydrogen-bond donors (Lipinski definition) is 0. The van der Waals surface area contributed by atoms with E-state index in [9.17, 15) is 4.79 Å². The fraction of sp³-hybridized carbons (Fsp3) is 0.368. The second-order valence-corrected chi connectivity index (χ2v) is 7.73. The van der Waals surface area contributed by atoms with Crippen LogP contribution in [0.5, 0.6) is 5.75 Å². The second kappa shape index (κ2) is 8.43. The number of ether oxygens (including phenoxy) is 1. The van der Waals surface area contributed by atoms with Crippen molar-refractivity contribution in [3.05, 3.63) is 51.8 Å². The molecule has 1 aromatic heterocycles. The van der Waals surface area contributed by atoms with E-state index in [2.05, 4.69) is 4.98 Å². The Balaban J connectivity index is 1.98. The van der Waals surface area contributed by atoms with E-state index in [0.29, 0.717) is 15.6 Å². The van der Waals surface area contributed by atoms with E-state index in [1.54, 1.807) is 11.8 Å². The summed E-state index contributed by atoms with van der Waals surface area (Å²) < 4.78 is 6.21. The summed E-state index contributed by atoms with van der Waals surface area (Å²) in [6.45, 7) is 0. The van der Waals surface area contributed by atoms with E-state index in [4.69, 9.17) is 27.9 Å². The Hall–Kier alpha value is -1.23. The maximum Gasteiger partial charge on any atom is 0.133 e. The number of pyridine rings is 1. The molecule has 132 valence electrons. The van der Waals surface area contributed by atoms with Crippen molar-refractivity contribution in [1.82, 2.24) is 4.98 Å². The van der Waals surface area contributed by atoms with Crippen molar-refractivity contribution in [2.24, 2.45) is 0 Å². The monoisotopic (exact) mass is 395 g/mol. The van der Waals surface area contributed by atoms with Crippen LogP contribution in [0.1, 0.15) is 42.7 Å². The number of aromatic nitrogens is 1. The van der Waals surface area contributed by atoms with E-state index in [-0.39, 0.29) is 6.10 Å². The van der Waals surface area contributed by atoms with E-state index in [1.165, 1.54) is 25.2 Å². The number of thioether (sulfide) groups is 1. The number of aldehydes is 1. The normalized spacial score (nSPS) is 16.0. The fourth-order valence-electron chi connectivity index (χ4n) is 3.20. The van der Waals surface area contributed by atoms with Crippen LogP contribution in [0, 0.1) is 0 Å². The Morgan fingerprint density at radius 3 is 2.52 bits per heavy atom. The standard InChI is InChI=1S/C19H19Cl2NO2S/c1-25-18-7-6-12(8-17(18)24-13-4-2-3-5-13)14(11-23)19-15(20)9-22-10-16(19)21/h6-11,13-14H,2-5H2,1H3. The molecular weight excluding hydrogens is 377 g/mol. The number of hydrogen-bond acceptors (Lipinski definition) is 4. The van der Waals surface area contributed by atoms with Gasteiger partial charge in [0.1, 0.15) is 12.0 Å². The number of halogens is 2. The Kier molecular flexibility index (Phi) is 6.26. The van der Waals surface area contributed by atoms with Crippen LogP contribution < -0.4 is 4.74 Å². The number of rotatable bonds is 6. The summed E-state index contributed by atoms with van der Waals surface area (Å²) in [6.07, 6.45) is 10.7. The average molecular weight is 396 g/mol. The molecule has 1 aliphatic carbocycles. The molecule has 0 bridgehead atoms. The molecule has 0 N–H and O–H groups in total. The molecule has 0 spiro atoms. The van der Waals surface area contributed by atoms with Gasteiger partial charge in [-0.05, 0) is 49.6 Å². The predicted octanol–water partition coefficient (Wildman–Crippen LogP) is 5.76. The van der Waals surface area contributed by atoms with Gasteiger partial charge in [0.15, 0.2) is 0 Å². The predicted molar refractivity (Wildman–Crippen MR) is 103 cm³/mol. The highest BCUT2D eigenvalue weighted by atomic mass is 35.5. The van der Waals surface area contributed by atoms with Crippen LogP contribution in [0.2, 0.25) is 10.0 Å². The minimum Gasteiger partial charge on any atom is -0.489 e. The molecule has 0 amide bonds. The SMILES string of the molecule is CSc1ccc(C(C=O)c2c(Cl)cncc2Cl)cc1OC1CCCC1. The summed E-state index contributed by atoms with van der Waals surface area (Å²) in [6, 6.07) is 5.86. The zero-order valence-electron chi connectivity index (χ0n) is 13.9. The third kappa shape index (κ3) is 4.13. The van der Waals surface area contributed by atoms with Crippen LogP contribution >= 0.6 is 35.0 Å². The molecule has 1 heterocycles. The van der Waals surface area contributed by atoms with Gasteiger partial charge in [0.25, 0.3) is 0 Å². The lowest BCUT2D eigenvalue weighted by molar-refractivity contribution is -0.108. The Morgan fingerprint density at radius 1 is 1.24 bits per heavy atom. The fourth-order valence-corrected chi connectivity index (χ4v) is 4.31. The van der Waals surface area contributed by atoms with Crippen molar-refractivity contribution in [2.75, 3.05) is 6.26 Å². The molecule has 0 aliphatic heterocycles. The van der Waals surface area contributed by atoms with Gasteiger partial charge < -0.3 is 9.53 Å². The molecule has 1 aromatic carbocycles. The summed E-state index contributed by atoms with van der Waals surface area (Å²) in [4.78, 5) is 16.9. The van der Waals surface area contributed by atoms with Crippen LogP contribution in [0.3, 0.4) is 0 Å². The van der Waals surface area contributed by atoms with Gasteiger partial charge in [0, 0.05) is 22.9 Å². The van der Waals surface area contributed by atoms with Gasteiger partial charge in [-0.3, -0.25) is 4.98 Å². The lowest BCUT2D eigenvalue weighted by Gasteiger charge is -2.19. The minimum atomic E-state index is -0.551. The molecular formula is C19H19Cl2NO2S. The molecule has 6 heteroatoms. The zero-order valence-corrected chi connectivity index (χ0v) is 16.2. The molecule has 0 radical (unpaired) electrons. The first kappa shape index (κ1) is 18.6. The third-order valence-corrected chi connectivity index (χ3v) is 5.86. The molecule has 3 nitrogen and oxygen atoms in total. The van der Waals surface area contributed by atoms with Gasteiger partial charge in [-0.25, -0.2) is 0 Å². The van der Waals surface area contributed by atoms with Crippen LogP contribution in [0.15, 0.2) is 35.5 Å². The van der Waals surface area contributed by atoms with Gasteiger partial charge >= 0.3 is 0 Å². The van der Waals surface area contributed by atoms with E-state index in [1.807, 2.05) is 24.5 Å². The summed E-state index contributed by atoms with van der Waals surface area (Å²) >= 11 is 14.1. The maximum atomic E-state index is 11.8. The summed E-state index contributed by atoms with van der Waals surface area (Å²) in [5.41, 5.74) is 1.40. The van der Waals surface area contributed by atoms with Crippen molar-refractivity contribution in [3.63, 3.8) is 0 Å². The molecule has 2 aromatic rings. The van der Waals surface area contributed by atoms with Crippen molar-refractivity contribution in [3.8, 4) is 5.75 Å². The van der Waals surface area contributed by atoms with Crippen molar-refractivity contribution >= 4 is 41.2 Å². The van der Waals surface area contributed by atoms with Gasteiger partial charge in [0.2, 0.25) is 0 Å². The summed E-state index contributed by atoms with van der Waals surface area (Å²) in [7, 11) is 0.